The molecule has 1 heterocycles. The SMILES string of the molecule is O=C(/C=C/c1cc2ccccc2o1)NCCO. The third kappa shape index (κ3) is 2.95. The quantitative estimate of drug-likeness (QED) is 0.785. The lowest BCUT2D eigenvalue weighted by Gasteiger charge is -1.95. The summed E-state index contributed by atoms with van der Waals surface area (Å²) in [4.78, 5) is 11.2. The number of rotatable bonds is 4. The predicted octanol–water partition coefficient (Wildman–Crippen LogP) is 1.55. The van der Waals surface area contributed by atoms with Crippen molar-refractivity contribution in [3.8, 4) is 0 Å². The number of amides is 1. The van der Waals surface area contributed by atoms with Gasteiger partial charge in [0.2, 0.25) is 5.91 Å². The highest BCUT2D eigenvalue weighted by Gasteiger charge is 2.00. The van der Waals surface area contributed by atoms with Crippen LogP contribution in [-0.4, -0.2) is 24.2 Å². The van der Waals surface area contributed by atoms with E-state index in [0.29, 0.717) is 5.76 Å². The minimum absolute atomic E-state index is 0.0653. The molecule has 4 nitrogen and oxygen atoms in total. The van der Waals surface area contributed by atoms with Gasteiger partial charge in [-0.1, -0.05) is 18.2 Å². The van der Waals surface area contributed by atoms with Crippen molar-refractivity contribution in [1.82, 2.24) is 5.32 Å². The van der Waals surface area contributed by atoms with Gasteiger partial charge < -0.3 is 14.8 Å². The van der Waals surface area contributed by atoms with Crippen LogP contribution in [0.15, 0.2) is 40.8 Å². The van der Waals surface area contributed by atoms with Gasteiger partial charge in [0.1, 0.15) is 11.3 Å². The molecule has 2 aromatic rings. The summed E-state index contributed by atoms with van der Waals surface area (Å²) in [7, 11) is 0. The smallest absolute Gasteiger partial charge is 0.244 e. The number of nitrogens with one attached hydrogen (secondary N) is 1. The van der Waals surface area contributed by atoms with Gasteiger partial charge in [0.05, 0.1) is 6.61 Å². The summed E-state index contributed by atoms with van der Waals surface area (Å²) in [6.45, 7) is 0.188. The summed E-state index contributed by atoms with van der Waals surface area (Å²) in [5.74, 6) is 0.379. The Hall–Kier alpha value is -2.07. The topological polar surface area (TPSA) is 62.5 Å². The summed E-state index contributed by atoms with van der Waals surface area (Å²) in [6.07, 6.45) is 2.99. The molecular formula is C13H13NO3. The summed E-state index contributed by atoms with van der Waals surface area (Å²) in [6, 6.07) is 9.51. The Morgan fingerprint density at radius 3 is 3.00 bits per heavy atom. The molecule has 0 spiro atoms. The molecule has 0 aliphatic heterocycles. The number of carbonyl (C=O) groups excluding carboxylic acids is 1. The largest absolute Gasteiger partial charge is 0.457 e. The summed E-state index contributed by atoms with van der Waals surface area (Å²) >= 11 is 0. The van der Waals surface area contributed by atoms with E-state index in [1.165, 1.54) is 6.08 Å². The van der Waals surface area contributed by atoms with Gasteiger partial charge in [-0.15, -0.1) is 0 Å². The van der Waals surface area contributed by atoms with Gasteiger partial charge in [0, 0.05) is 18.0 Å². The Bertz CT molecular complexity index is 509. The molecule has 88 valence electrons. The van der Waals surface area contributed by atoms with Crippen LogP contribution < -0.4 is 5.32 Å². The third-order valence-electron chi connectivity index (χ3n) is 2.25. The molecule has 0 atom stereocenters. The second-order valence-corrected chi connectivity index (χ2v) is 3.53. The minimum Gasteiger partial charge on any atom is -0.457 e. The van der Waals surface area contributed by atoms with Crippen LogP contribution in [-0.2, 0) is 4.79 Å². The van der Waals surface area contributed by atoms with Gasteiger partial charge in [-0.25, -0.2) is 0 Å². The summed E-state index contributed by atoms with van der Waals surface area (Å²) in [5, 5.41) is 12.1. The standard InChI is InChI=1S/C13H13NO3/c15-8-7-14-13(16)6-5-11-9-10-3-1-2-4-12(10)17-11/h1-6,9,15H,7-8H2,(H,14,16)/b6-5+. The first-order chi connectivity index (χ1) is 8.29. The van der Waals surface area contributed by atoms with Crippen LogP contribution in [0, 0.1) is 0 Å². The fraction of sp³-hybridized carbons (Fsp3) is 0.154. The van der Waals surface area contributed by atoms with Crippen LogP contribution in [0.25, 0.3) is 17.0 Å². The van der Waals surface area contributed by atoms with E-state index in [-0.39, 0.29) is 19.1 Å². The molecule has 0 unspecified atom stereocenters. The van der Waals surface area contributed by atoms with Crippen molar-refractivity contribution in [2.75, 3.05) is 13.2 Å². The Kier molecular flexibility index (Phi) is 3.57. The molecule has 2 rings (SSSR count). The molecule has 0 radical (unpaired) electrons. The van der Waals surface area contributed by atoms with Gasteiger partial charge in [-0.05, 0) is 18.2 Å². The summed E-state index contributed by atoms with van der Waals surface area (Å²) in [5.41, 5.74) is 0.794. The molecule has 0 saturated heterocycles. The number of hydrogen-bond donors (Lipinski definition) is 2. The van der Waals surface area contributed by atoms with Gasteiger partial charge in [0.15, 0.2) is 0 Å². The van der Waals surface area contributed by atoms with E-state index >= 15 is 0 Å². The molecular weight excluding hydrogens is 218 g/mol. The van der Waals surface area contributed by atoms with Crippen LogP contribution >= 0.6 is 0 Å². The molecule has 0 aliphatic carbocycles. The first kappa shape index (κ1) is 11.4. The maximum atomic E-state index is 11.2. The Morgan fingerprint density at radius 1 is 1.41 bits per heavy atom. The zero-order chi connectivity index (χ0) is 12.1. The maximum absolute atomic E-state index is 11.2. The van der Waals surface area contributed by atoms with Crippen molar-refractivity contribution in [1.29, 1.82) is 0 Å². The molecule has 0 bridgehead atoms. The molecule has 4 heteroatoms. The van der Waals surface area contributed by atoms with Gasteiger partial charge in [-0.2, -0.15) is 0 Å². The van der Waals surface area contributed by atoms with Crippen molar-refractivity contribution in [2.45, 2.75) is 0 Å². The van der Waals surface area contributed by atoms with Crippen LogP contribution in [0.1, 0.15) is 5.76 Å². The number of benzene rings is 1. The van der Waals surface area contributed by atoms with Crippen LogP contribution in [0.4, 0.5) is 0 Å². The zero-order valence-corrected chi connectivity index (χ0v) is 9.22. The fourth-order valence-electron chi connectivity index (χ4n) is 1.48. The van der Waals surface area contributed by atoms with Crippen LogP contribution in [0.5, 0.6) is 0 Å². The van der Waals surface area contributed by atoms with E-state index in [1.807, 2.05) is 30.3 Å². The van der Waals surface area contributed by atoms with Crippen molar-refractivity contribution < 1.29 is 14.3 Å². The average molecular weight is 231 g/mol. The lowest BCUT2D eigenvalue weighted by molar-refractivity contribution is -0.116. The first-order valence-corrected chi connectivity index (χ1v) is 5.35. The monoisotopic (exact) mass is 231 g/mol. The lowest BCUT2D eigenvalue weighted by Crippen LogP contribution is -2.24. The van der Waals surface area contributed by atoms with Gasteiger partial charge in [0.25, 0.3) is 0 Å². The maximum Gasteiger partial charge on any atom is 0.244 e. The molecule has 2 N–H and O–H groups in total. The number of fused-ring (bicyclic) bond motifs is 1. The number of aliphatic hydroxyl groups is 1. The van der Waals surface area contributed by atoms with E-state index in [1.54, 1.807) is 6.08 Å². The first-order valence-electron chi connectivity index (χ1n) is 5.35. The molecule has 1 aromatic heterocycles. The molecule has 0 aliphatic rings. The lowest BCUT2D eigenvalue weighted by atomic mass is 10.2. The highest BCUT2D eigenvalue weighted by molar-refractivity contribution is 5.92. The number of aliphatic hydroxyl groups excluding tert-OH is 1. The van der Waals surface area contributed by atoms with E-state index in [0.717, 1.165) is 11.0 Å². The molecule has 1 aromatic carbocycles. The Morgan fingerprint density at radius 2 is 2.24 bits per heavy atom. The van der Waals surface area contributed by atoms with Crippen LogP contribution in [0.3, 0.4) is 0 Å². The van der Waals surface area contributed by atoms with Crippen molar-refractivity contribution in [2.24, 2.45) is 0 Å². The molecule has 1 amide bonds. The van der Waals surface area contributed by atoms with Crippen molar-refractivity contribution in [3.63, 3.8) is 0 Å². The Balaban J connectivity index is 2.07. The number of carbonyl (C=O) groups is 1. The van der Waals surface area contributed by atoms with E-state index in [4.69, 9.17) is 9.52 Å². The number of furan rings is 1. The third-order valence-corrected chi connectivity index (χ3v) is 2.25. The highest BCUT2D eigenvalue weighted by atomic mass is 16.3. The van der Waals surface area contributed by atoms with E-state index < -0.39 is 0 Å². The zero-order valence-electron chi connectivity index (χ0n) is 9.22. The summed E-state index contributed by atoms with van der Waals surface area (Å²) < 4.78 is 5.51. The Labute approximate surface area is 98.5 Å². The predicted molar refractivity (Wildman–Crippen MR) is 65.3 cm³/mol. The minimum atomic E-state index is -0.250. The second kappa shape index (κ2) is 5.32. The van der Waals surface area contributed by atoms with Gasteiger partial charge >= 0.3 is 0 Å². The number of hydrogen-bond acceptors (Lipinski definition) is 3. The van der Waals surface area contributed by atoms with Crippen molar-refractivity contribution >= 4 is 23.0 Å². The molecule has 0 saturated carbocycles. The highest BCUT2D eigenvalue weighted by Crippen LogP contribution is 2.19. The fourth-order valence-corrected chi connectivity index (χ4v) is 1.48. The van der Waals surface area contributed by atoms with Gasteiger partial charge in [-0.3, -0.25) is 4.79 Å². The van der Waals surface area contributed by atoms with E-state index in [9.17, 15) is 4.79 Å². The average Bonchev–Trinajstić information content (AvgIpc) is 2.76. The number of para-hydroxylation sites is 1. The van der Waals surface area contributed by atoms with E-state index in [2.05, 4.69) is 5.32 Å². The van der Waals surface area contributed by atoms with Crippen LogP contribution in [0.2, 0.25) is 0 Å². The normalized spacial score (nSPS) is 11.1. The van der Waals surface area contributed by atoms with Crippen molar-refractivity contribution in [3.05, 3.63) is 42.2 Å². The second-order valence-electron chi connectivity index (χ2n) is 3.53. The molecule has 0 fully saturated rings. The molecule has 17 heavy (non-hydrogen) atoms.